The molecule has 0 atom stereocenters. The van der Waals surface area contributed by atoms with Crippen molar-refractivity contribution in [3.05, 3.63) is 52.0 Å². The minimum Gasteiger partial charge on any atom is -0.490 e. The summed E-state index contributed by atoms with van der Waals surface area (Å²) in [6.45, 7) is 4.58. The molecule has 0 heterocycles. The Balaban J connectivity index is 2.04. The summed E-state index contributed by atoms with van der Waals surface area (Å²) in [5.74, 6) is 0.414. The quantitative estimate of drug-likeness (QED) is 0.676. The van der Waals surface area contributed by atoms with Gasteiger partial charge in [0.1, 0.15) is 0 Å². The van der Waals surface area contributed by atoms with E-state index in [9.17, 15) is 9.59 Å². The molecule has 0 bridgehead atoms. The van der Waals surface area contributed by atoms with E-state index in [4.69, 9.17) is 32.7 Å². The summed E-state index contributed by atoms with van der Waals surface area (Å²) in [6, 6.07) is 9.71. The number of hydrogen-bond acceptors (Lipinski definition) is 4. The number of ether oxygens (including phenoxy) is 2. The van der Waals surface area contributed by atoms with Crippen molar-refractivity contribution < 1.29 is 19.1 Å². The number of nitrogens with one attached hydrogen (secondary N) is 1. The van der Waals surface area contributed by atoms with Crippen molar-refractivity contribution in [1.82, 2.24) is 4.90 Å². The first-order valence-corrected chi connectivity index (χ1v) is 9.51. The molecule has 0 spiro atoms. The van der Waals surface area contributed by atoms with Crippen molar-refractivity contribution in [3.63, 3.8) is 0 Å². The Morgan fingerprint density at radius 3 is 2.32 bits per heavy atom. The van der Waals surface area contributed by atoms with Crippen LogP contribution >= 0.6 is 23.2 Å². The van der Waals surface area contributed by atoms with Crippen molar-refractivity contribution in [2.24, 2.45) is 0 Å². The number of hydrogen-bond donors (Lipinski definition) is 1. The van der Waals surface area contributed by atoms with Gasteiger partial charge in [0.05, 0.1) is 30.3 Å². The first-order chi connectivity index (χ1) is 13.3. The predicted octanol–water partition coefficient (Wildman–Crippen LogP) is 4.50. The second kappa shape index (κ2) is 10.2. The van der Waals surface area contributed by atoms with Crippen molar-refractivity contribution in [2.75, 3.05) is 32.1 Å². The third-order valence-electron chi connectivity index (χ3n) is 3.72. The lowest BCUT2D eigenvalue weighted by Gasteiger charge is -2.18. The maximum Gasteiger partial charge on any atom is 0.255 e. The number of amides is 2. The van der Waals surface area contributed by atoms with Gasteiger partial charge in [-0.3, -0.25) is 9.59 Å². The molecule has 0 aliphatic heterocycles. The smallest absolute Gasteiger partial charge is 0.255 e. The summed E-state index contributed by atoms with van der Waals surface area (Å²) in [5, 5.41) is 3.42. The molecule has 28 heavy (non-hydrogen) atoms. The molecule has 0 unspecified atom stereocenters. The Kier molecular flexibility index (Phi) is 7.96. The van der Waals surface area contributed by atoms with Gasteiger partial charge in [0.2, 0.25) is 5.91 Å². The maximum absolute atomic E-state index is 12.5. The van der Waals surface area contributed by atoms with Crippen LogP contribution in [0.2, 0.25) is 10.0 Å². The highest BCUT2D eigenvalue weighted by Crippen LogP contribution is 2.30. The molecule has 0 radical (unpaired) electrons. The molecule has 150 valence electrons. The van der Waals surface area contributed by atoms with Crippen LogP contribution in [0.5, 0.6) is 11.5 Å². The van der Waals surface area contributed by atoms with Gasteiger partial charge < -0.3 is 19.7 Å². The van der Waals surface area contributed by atoms with E-state index >= 15 is 0 Å². The molecule has 0 saturated carbocycles. The fourth-order valence-corrected chi connectivity index (χ4v) is 2.97. The molecule has 2 amide bonds. The SMILES string of the molecule is CCOc1ccc(NC(=O)CN(C)C(=O)c2ccc(Cl)cc2Cl)cc1OCC. The molecule has 2 rings (SSSR count). The zero-order valence-corrected chi connectivity index (χ0v) is 17.4. The van der Waals surface area contributed by atoms with E-state index in [0.29, 0.717) is 35.4 Å². The Morgan fingerprint density at radius 1 is 1.00 bits per heavy atom. The lowest BCUT2D eigenvalue weighted by Crippen LogP contribution is -2.35. The van der Waals surface area contributed by atoms with Crippen LogP contribution in [0.3, 0.4) is 0 Å². The van der Waals surface area contributed by atoms with E-state index in [1.165, 1.54) is 24.1 Å². The van der Waals surface area contributed by atoms with Crippen molar-refractivity contribution in [2.45, 2.75) is 13.8 Å². The van der Waals surface area contributed by atoms with Gasteiger partial charge in [-0.1, -0.05) is 23.2 Å². The highest BCUT2D eigenvalue weighted by atomic mass is 35.5. The summed E-state index contributed by atoms with van der Waals surface area (Å²) >= 11 is 11.9. The molecule has 0 saturated heterocycles. The normalized spacial score (nSPS) is 10.3. The molecule has 1 N–H and O–H groups in total. The molecular weight excluding hydrogens is 403 g/mol. The summed E-state index contributed by atoms with van der Waals surface area (Å²) in [7, 11) is 1.52. The van der Waals surface area contributed by atoms with Gasteiger partial charge in [0.25, 0.3) is 5.91 Å². The van der Waals surface area contributed by atoms with Crippen LogP contribution < -0.4 is 14.8 Å². The molecule has 2 aromatic carbocycles. The largest absolute Gasteiger partial charge is 0.490 e. The molecule has 2 aromatic rings. The van der Waals surface area contributed by atoms with Crippen LogP contribution in [0.25, 0.3) is 0 Å². The Labute approximate surface area is 174 Å². The van der Waals surface area contributed by atoms with Crippen molar-refractivity contribution in [1.29, 1.82) is 0 Å². The number of benzene rings is 2. The van der Waals surface area contributed by atoms with E-state index in [2.05, 4.69) is 5.32 Å². The van der Waals surface area contributed by atoms with E-state index in [0.717, 1.165) is 0 Å². The topological polar surface area (TPSA) is 67.9 Å². The summed E-state index contributed by atoms with van der Waals surface area (Å²) < 4.78 is 11.0. The minimum absolute atomic E-state index is 0.144. The lowest BCUT2D eigenvalue weighted by atomic mass is 10.2. The first-order valence-electron chi connectivity index (χ1n) is 8.75. The van der Waals surface area contributed by atoms with E-state index < -0.39 is 0 Å². The Hall–Kier alpha value is -2.44. The number of carbonyl (C=O) groups is 2. The van der Waals surface area contributed by atoms with Crippen molar-refractivity contribution >= 4 is 40.7 Å². The first kappa shape index (κ1) is 21.9. The van der Waals surface area contributed by atoms with Gasteiger partial charge in [0.15, 0.2) is 11.5 Å². The second-order valence-electron chi connectivity index (χ2n) is 5.86. The third kappa shape index (κ3) is 5.78. The molecular formula is C20H22Cl2N2O4. The lowest BCUT2D eigenvalue weighted by molar-refractivity contribution is -0.116. The van der Waals surface area contributed by atoms with Crippen LogP contribution in [0.4, 0.5) is 5.69 Å². The zero-order valence-electron chi connectivity index (χ0n) is 15.9. The highest BCUT2D eigenvalue weighted by Gasteiger charge is 2.18. The van der Waals surface area contributed by atoms with Gasteiger partial charge in [-0.25, -0.2) is 0 Å². The van der Waals surface area contributed by atoms with Gasteiger partial charge in [-0.15, -0.1) is 0 Å². The summed E-state index contributed by atoms with van der Waals surface area (Å²) in [6.07, 6.45) is 0. The number of nitrogens with zero attached hydrogens (tertiary/aromatic N) is 1. The van der Waals surface area contributed by atoms with Crippen molar-refractivity contribution in [3.8, 4) is 11.5 Å². The standard InChI is InChI=1S/C20H22Cl2N2O4/c1-4-27-17-9-7-14(11-18(17)28-5-2)23-19(25)12-24(3)20(26)15-8-6-13(21)10-16(15)22/h6-11H,4-5,12H2,1-3H3,(H,23,25). The molecule has 0 fully saturated rings. The fraction of sp³-hybridized carbons (Fsp3) is 0.300. The molecule has 0 aliphatic rings. The molecule has 6 nitrogen and oxygen atoms in total. The second-order valence-corrected chi connectivity index (χ2v) is 6.70. The number of rotatable bonds is 8. The monoisotopic (exact) mass is 424 g/mol. The molecule has 0 aromatic heterocycles. The Bertz CT molecular complexity index is 858. The van der Waals surface area contributed by atoms with Crippen LogP contribution in [0.1, 0.15) is 24.2 Å². The average Bonchev–Trinajstić information content (AvgIpc) is 2.63. The highest BCUT2D eigenvalue weighted by molar-refractivity contribution is 6.36. The van der Waals surface area contributed by atoms with Crippen LogP contribution in [0.15, 0.2) is 36.4 Å². The van der Waals surface area contributed by atoms with Gasteiger partial charge >= 0.3 is 0 Å². The van der Waals surface area contributed by atoms with Crippen LogP contribution in [-0.4, -0.2) is 43.5 Å². The van der Waals surface area contributed by atoms with Gasteiger partial charge in [-0.05, 0) is 44.2 Å². The number of likely N-dealkylation sites (N-methyl/N-ethyl adjacent to an activating group) is 1. The average molecular weight is 425 g/mol. The van der Waals surface area contributed by atoms with Gasteiger partial charge in [-0.2, -0.15) is 0 Å². The minimum atomic E-state index is -0.376. The van der Waals surface area contributed by atoms with Crippen LogP contribution in [-0.2, 0) is 4.79 Å². The molecule has 0 aliphatic carbocycles. The van der Waals surface area contributed by atoms with Gasteiger partial charge in [0, 0.05) is 23.8 Å². The summed E-state index contributed by atoms with van der Waals surface area (Å²) in [4.78, 5) is 26.1. The maximum atomic E-state index is 12.5. The number of carbonyl (C=O) groups excluding carboxylic acids is 2. The molecule has 8 heteroatoms. The fourth-order valence-electron chi connectivity index (χ4n) is 2.49. The predicted molar refractivity (Wildman–Crippen MR) is 111 cm³/mol. The van der Waals surface area contributed by atoms with E-state index in [-0.39, 0.29) is 28.9 Å². The third-order valence-corrected chi connectivity index (χ3v) is 4.26. The van der Waals surface area contributed by atoms with E-state index in [1.54, 1.807) is 24.3 Å². The summed E-state index contributed by atoms with van der Waals surface area (Å²) in [5.41, 5.74) is 0.823. The van der Waals surface area contributed by atoms with E-state index in [1.807, 2.05) is 13.8 Å². The number of anilines is 1. The van der Waals surface area contributed by atoms with Crippen LogP contribution in [0, 0.1) is 0 Å². The Morgan fingerprint density at radius 2 is 1.68 bits per heavy atom. The number of halogens is 2. The zero-order chi connectivity index (χ0) is 20.7.